The Morgan fingerprint density at radius 3 is 2.67 bits per heavy atom. The molecule has 0 aromatic heterocycles. The SMILES string of the molecule is O=C1Nc2ccc(F)cc2[C@](C#CC2CC2)(C(F)(F)F)O1. The maximum atomic E-state index is 13.5. The van der Waals surface area contributed by atoms with E-state index in [4.69, 9.17) is 0 Å². The highest BCUT2D eigenvalue weighted by Crippen LogP contribution is 2.47. The van der Waals surface area contributed by atoms with Crippen LogP contribution in [0.1, 0.15) is 18.4 Å². The molecule has 1 aromatic carbocycles. The number of hydrogen-bond acceptors (Lipinski definition) is 2. The molecule has 7 heteroatoms. The Labute approximate surface area is 117 Å². The molecule has 1 aromatic rings. The molecule has 3 rings (SSSR count). The number of cyclic esters (lactones) is 1. The van der Waals surface area contributed by atoms with E-state index in [0.29, 0.717) is 18.9 Å². The molecule has 0 bridgehead atoms. The lowest BCUT2D eigenvalue weighted by Gasteiger charge is -2.35. The number of hydrogen-bond donors (Lipinski definition) is 1. The van der Waals surface area contributed by atoms with Crippen molar-refractivity contribution in [1.82, 2.24) is 0 Å². The molecular formula is C14H9F4NO2. The highest BCUT2D eigenvalue weighted by Gasteiger charge is 2.62. The lowest BCUT2D eigenvalue weighted by Crippen LogP contribution is -2.49. The Morgan fingerprint density at radius 1 is 1.33 bits per heavy atom. The maximum Gasteiger partial charge on any atom is 0.445 e. The summed E-state index contributed by atoms with van der Waals surface area (Å²) in [4.78, 5) is 11.4. The molecule has 0 unspecified atom stereocenters. The standard InChI is InChI=1S/C14H9F4NO2/c15-9-3-4-11-10(7-9)13(14(16,17)18,21-12(20)19-11)6-5-8-1-2-8/h3-4,7-8H,1-2H2,(H,19,20)/t13-/m1/s1. The highest BCUT2D eigenvalue weighted by molar-refractivity contribution is 5.89. The third kappa shape index (κ3) is 2.31. The van der Waals surface area contributed by atoms with Gasteiger partial charge >= 0.3 is 12.3 Å². The van der Waals surface area contributed by atoms with Crippen molar-refractivity contribution in [3.05, 3.63) is 29.6 Å². The van der Waals surface area contributed by atoms with Gasteiger partial charge < -0.3 is 4.74 Å². The summed E-state index contributed by atoms with van der Waals surface area (Å²) < 4.78 is 58.4. The number of rotatable bonds is 0. The number of amides is 1. The number of anilines is 1. The number of carbonyl (C=O) groups excluding carboxylic acids is 1. The summed E-state index contributed by atoms with van der Waals surface area (Å²) >= 11 is 0. The molecule has 1 N–H and O–H groups in total. The second-order valence-electron chi connectivity index (χ2n) is 4.93. The first-order valence-corrected chi connectivity index (χ1v) is 6.21. The van der Waals surface area contributed by atoms with E-state index in [1.807, 2.05) is 5.92 Å². The molecule has 1 aliphatic carbocycles. The Bertz CT molecular complexity index is 670. The number of fused-ring (bicyclic) bond motifs is 1. The van der Waals surface area contributed by atoms with Crippen molar-refractivity contribution in [2.75, 3.05) is 5.32 Å². The zero-order valence-electron chi connectivity index (χ0n) is 10.6. The largest absolute Gasteiger partial charge is 0.445 e. The molecule has 21 heavy (non-hydrogen) atoms. The lowest BCUT2D eigenvalue weighted by atomic mass is 9.90. The third-order valence-electron chi connectivity index (χ3n) is 3.27. The van der Waals surface area contributed by atoms with Crippen molar-refractivity contribution in [3.63, 3.8) is 0 Å². The molecule has 110 valence electrons. The molecule has 1 atom stereocenters. The van der Waals surface area contributed by atoms with Crippen LogP contribution in [0.5, 0.6) is 0 Å². The maximum absolute atomic E-state index is 13.5. The van der Waals surface area contributed by atoms with Crippen LogP contribution in [-0.2, 0) is 10.3 Å². The summed E-state index contributed by atoms with van der Waals surface area (Å²) in [5.41, 5.74) is -3.83. The number of ether oxygens (including phenoxy) is 1. The molecule has 2 aliphatic rings. The molecule has 0 saturated heterocycles. The first-order chi connectivity index (χ1) is 9.82. The zero-order valence-corrected chi connectivity index (χ0v) is 10.6. The quantitative estimate of drug-likeness (QED) is 0.587. The lowest BCUT2D eigenvalue weighted by molar-refractivity contribution is -0.239. The second kappa shape index (κ2) is 4.38. The van der Waals surface area contributed by atoms with Crippen molar-refractivity contribution in [3.8, 4) is 11.8 Å². The molecule has 0 spiro atoms. The van der Waals surface area contributed by atoms with E-state index in [1.54, 1.807) is 0 Å². The molecule has 1 amide bonds. The monoisotopic (exact) mass is 299 g/mol. The molecule has 1 aliphatic heterocycles. The van der Waals surface area contributed by atoms with Gasteiger partial charge in [-0.25, -0.2) is 9.18 Å². The van der Waals surface area contributed by atoms with Crippen LogP contribution in [0.15, 0.2) is 18.2 Å². The van der Waals surface area contributed by atoms with Crippen molar-refractivity contribution in [2.45, 2.75) is 24.6 Å². The van der Waals surface area contributed by atoms with Crippen LogP contribution in [0.3, 0.4) is 0 Å². The smallest absolute Gasteiger partial charge is 0.415 e. The van der Waals surface area contributed by atoms with Crippen LogP contribution < -0.4 is 5.32 Å². The van der Waals surface area contributed by atoms with Crippen molar-refractivity contribution in [2.24, 2.45) is 5.92 Å². The van der Waals surface area contributed by atoms with E-state index in [9.17, 15) is 22.4 Å². The normalized spacial score (nSPS) is 24.3. The van der Waals surface area contributed by atoms with Gasteiger partial charge in [0.1, 0.15) is 5.82 Å². The van der Waals surface area contributed by atoms with Crippen LogP contribution >= 0.6 is 0 Å². The van der Waals surface area contributed by atoms with E-state index in [0.717, 1.165) is 12.1 Å². The van der Waals surface area contributed by atoms with Gasteiger partial charge in [0, 0.05) is 11.5 Å². The minimum atomic E-state index is -4.98. The Balaban J connectivity index is 2.22. The zero-order chi connectivity index (χ0) is 15.3. The molecule has 1 heterocycles. The number of benzene rings is 1. The molecular weight excluding hydrogens is 290 g/mol. The Kier molecular flexibility index (Phi) is 2.87. The first kappa shape index (κ1) is 13.7. The van der Waals surface area contributed by atoms with Gasteiger partial charge in [0.25, 0.3) is 5.60 Å². The predicted octanol–water partition coefficient (Wildman–Crippen LogP) is 3.56. The molecule has 1 saturated carbocycles. The minimum absolute atomic E-state index is 0.130. The Morgan fingerprint density at radius 2 is 2.05 bits per heavy atom. The van der Waals surface area contributed by atoms with Gasteiger partial charge in [-0.1, -0.05) is 5.92 Å². The van der Waals surface area contributed by atoms with E-state index in [-0.39, 0.29) is 11.6 Å². The van der Waals surface area contributed by atoms with Crippen molar-refractivity contribution < 1.29 is 27.1 Å². The fourth-order valence-corrected chi connectivity index (χ4v) is 2.05. The van der Waals surface area contributed by atoms with Crippen molar-refractivity contribution in [1.29, 1.82) is 0 Å². The van der Waals surface area contributed by atoms with Crippen LogP contribution in [0, 0.1) is 23.6 Å². The first-order valence-electron chi connectivity index (χ1n) is 6.21. The van der Waals surface area contributed by atoms with Crippen LogP contribution in [0.4, 0.5) is 28.0 Å². The van der Waals surface area contributed by atoms with E-state index in [2.05, 4.69) is 16.0 Å². The van der Waals surface area contributed by atoms with E-state index < -0.39 is 29.3 Å². The van der Waals surface area contributed by atoms with Gasteiger partial charge in [-0.15, -0.1) is 0 Å². The number of nitrogens with one attached hydrogen (secondary N) is 1. The predicted molar refractivity (Wildman–Crippen MR) is 64.7 cm³/mol. The summed E-state index contributed by atoms with van der Waals surface area (Å²) in [5, 5.41) is 2.12. The number of alkyl halides is 3. The van der Waals surface area contributed by atoms with Gasteiger partial charge in [-0.2, -0.15) is 13.2 Å². The van der Waals surface area contributed by atoms with Gasteiger partial charge in [-0.05, 0) is 37.0 Å². The fourth-order valence-electron chi connectivity index (χ4n) is 2.05. The summed E-state index contributed by atoms with van der Waals surface area (Å²) in [5.74, 6) is 3.49. The summed E-state index contributed by atoms with van der Waals surface area (Å²) in [6, 6.07) is 2.70. The van der Waals surface area contributed by atoms with E-state index in [1.165, 1.54) is 0 Å². The molecule has 3 nitrogen and oxygen atoms in total. The topological polar surface area (TPSA) is 38.3 Å². The molecule has 1 fully saturated rings. The summed E-state index contributed by atoms with van der Waals surface area (Å²) in [6.45, 7) is 0. The average molecular weight is 299 g/mol. The summed E-state index contributed by atoms with van der Waals surface area (Å²) in [7, 11) is 0. The summed E-state index contributed by atoms with van der Waals surface area (Å²) in [6.07, 6.45) is -4.82. The van der Waals surface area contributed by atoms with Gasteiger partial charge in [0.15, 0.2) is 0 Å². The second-order valence-corrected chi connectivity index (χ2v) is 4.93. The minimum Gasteiger partial charge on any atom is -0.415 e. The molecule has 0 radical (unpaired) electrons. The van der Waals surface area contributed by atoms with Gasteiger partial charge in [-0.3, -0.25) is 5.32 Å². The van der Waals surface area contributed by atoms with Crippen LogP contribution in [0.25, 0.3) is 0 Å². The van der Waals surface area contributed by atoms with Gasteiger partial charge in [0.2, 0.25) is 0 Å². The van der Waals surface area contributed by atoms with Crippen LogP contribution in [-0.4, -0.2) is 12.3 Å². The van der Waals surface area contributed by atoms with E-state index >= 15 is 0 Å². The third-order valence-corrected chi connectivity index (χ3v) is 3.27. The fraction of sp³-hybridized carbons (Fsp3) is 0.357. The number of halogens is 4. The number of carbonyl (C=O) groups is 1. The average Bonchev–Trinajstić information content (AvgIpc) is 3.19. The highest BCUT2D eigenvalue weighted by atomic mass is 19.4. The van der Waals surface area contributed by atoms with Crippen molar-refractivity contribution >= 4 is 11.8 Å². The van der Waals surface area contributed by atoms with Crippen LogP contribution in [0.2, 0.25) is 0 Å². The van der Waals surface area contributed by atoms with Gasteiger partial charge in [0.05, 0.1) is 5.69 Å². The Hall–Kier alpha value is -2.23.